The molecule has 0 aliphatic rings. The lowest BCUT2D eigenvalue weighted by molar-refractivity contribution is -0.142. The Morgan fingerprint density at radius 2 is 1.84 bits per heavy atom. The van der Waals surface area contributed by atoms with E-state index >= 15 is 0 Å². The van der Waals surface area contributed by atoms with Crippen molar-refractivity contribution < 1.29 is 26.4 Å². The largest absolute Gasteiger partial charge is 0.408 e. The number of hydrogen-bond donors (Lipinski definition) is 2. The molecule has 1 atom stereocenters. The van der Waals surface area contributed by atoms with Crippen molar-refractivity contribution in [2.24, 2.45) is 7.05 Å². The molecule has 11 nitrogen and oxygen atoms in total. The lowest BCUT2D eigenvalue weighted by Crippen LogP contribution is -2.31. The number of anilines is 1. The topological polar surface area (TPSA) is 141 Å². The maximum Gasteiger partial charge on any atom is 0.408 e. The summed E-state index contributed by atoms with van der Waals surface area (Å²) in [6.45, 7) is 2.34. The summed E-state index contributed by atoms with van der Waals surface area (Å²) in [6, 6.07) is 10.6. The molecule has 44 heavy (non-hydrogen) atoms. The highest BCUT2D eigenvalue weighted by molar-refractivity contribution is 7.89. The molecule has 2 aromatic carbocycles. The van der Waals surface area contributed by atoms with Gasteiger partial charge in [0.2, 0.25) is 10.0 Å². The number of amides is 1. The number of hydrogen-bond acceptors (Lipinski definition) is 8. The summed E-state index contributed by atoms with van der Waals surface area (Å²) >= 11 is 5.99. The number of aryl methyl sites for hydroxylation is 1. The van der Waals surface area contributed by atoms with E-state index in [0.717, 1.165) is 16.5 Å². The minimum absolute atomic E-state index is 0.0291. The van der Waals surface area contributed by atoms with Crippen molar-refractivity contribution in [3.8, 4) is 11.4 Å². The molecular weight excluding hydrogens is 623 g/mol. The molecular formula is C28H25ClF3N7O4S. The predicted molar refractivity (Wildman–Crippen MR) is 160 cm³/mol. The third-order valence-corrected chi connectivity index (χ3v) is 7.47. The maximum atomic E-state index is 13.6. The van der Waals surface area contributed by atoms with E-state index in [0.29, 0.717) is 32.9 Å². The van der Waals surface area contributed by atoms with Gasteiger partial charge in [-0.3, -0.25) is 18.8 Å². The van der Waals surface area contributed by atoms with Crippen LogP contribution in [0.4, 0.5) is 18.9 Å². The Hall–Kier alpha value is -4.50. The van der Waals surface area contributed by atoms with E-state index in [1.54, 1.807) is 38.2 Å². The second kappa shape index (κ2) is 11.2. The Bertz CT molecular complexity index is 2130. The monoisotopic (exact) mass is 647 g/mol. The molecule has 0 unspecified atom stereocenters. The van der Waals surface area contributed by atoms with Crippen molar-refractivity contribution in [2.75, 3.05) is 11.6 Å². The first-order valence-corrected chi connectivity index (χ1v) is 15.3. The van der Waals surface area contributed by atoms with Gasteiger partial charge in [0.1, 0.15) is 17.5 Å². The summed E-state index contributed by atoms with van der Waals surface area (Å²) in [5, 5.41) is 7.86. The molecule has 5 rings (SSSR count). The van der Waals surface area contributed by atoms with Crippen LogP contribution in [0.1, 0.15) is 34.6 Å². The Morgan fingerprint density at radius 1 is 1.11 bits per heavy atom. The fraction of sp³-hybridized carbons (Fsp3) is 0.250. The molecule has 0 fully saturated rings. The second-order valence-electron chi connectivity index (χ2n) is 10.4. The smallest absolute Gasteiger partial charge is 0.377 e. The number of fused-ring (bicyclic) bond motifs is 2. The van der Waals surface area contributed by atoms with Gasteiger partial charge in [-0.05, 0) is 55.8 Å². The van der Waals surface area contributed by atoms with Crippen molar-refractivity contribution in [2.45, 2.75) is 32.6 Å². The van der Waals surface area contributed by atoms with Crippen LogP contribution in [0.2, 0.25) is 5.15 Å². The van der Waals surface area contributed by atoms with Crippen molar-refractivity contribution in [1.82, 2.24) is 29.0 Å². The second-order valence-corrected chi connectivity index (χ2v) is 12.5. The molecule has 0 saturated carbocycles. The van der Waals surface area contributed by atoms with Crippen molar-refractivity contribution in [1.29, 1.82) is 0 Å². The van der Waals surface area contributed by atoms with Gasteiger partial charge in [0.15, 0.2) is 5.69 Å². The van der Waals surface area contributed by atoms with Crippen LogP contribution in [0.5, 0.6) is 0 Å². The Kier molecular flexibility index (Phi) is 7.88. The van der Waals surface area contributed by atoms with Crippen LogP contribution >= 0.6 is 11.6 Å². The zero-order valence-electron chi connectivity index (χ0n) is 23.7. The lowest BCUT2D eigenvalue weighted by atomic mass is 10.0. The SMILES string of the molecule is Cc1cc([C@@H](C)Nc2ccc(Cl)nc2C(=O)NS(C)(=O)=O)c2nc(-c3ccc4nn(CC(F)(F)F)cc4c3)n(C)c(=O)c2c1. The Morgan fingerprint density at radius 3 is 2.52 bits per heavy atom. The molecule has 16 heteroatoms. The molecule has 230 valence electrons. The maximum absolute atomic E-state index is 13.6. The normalized spacial score (nSPS) is 12.9. The highest BCUT2D eigenvalue weighted by atomic mass is 35.5. The molecule has 2 N–H and O–H groups in total. The number of nitrogens with one attached hydrogen (secondary N) is 2. The number of pyridine rings is 1. The first kappa shape index (κ1) is 30.9. The predicted octanol–water partition coefficient (Wildman–Crippen LogP) is 4.73. The molecule has 3 aromatic heterocycles. The first-order chi connectivity index (χ1) is 20.5. The highest BCUT2D eigenvalue weighted by Gasteiger charge is 2.28. The summed E-state index contributed by atoms with van der Waals surface area (Å²) in [5.41, 5.74) is 2.11. The average Bonchev–Trinajstić information content (AvgIpc) is 3.30. The van der Waals surface area contributed by atoms with E-state index in [9.17, 15) is 31.2 Å². The molecule has 0 saturated heterocycles. The van der Waals surface area contributed by atoms with Gasteiger partial charge >= 0.3 is 6.18 Å². The summed E-state index contributed by atoms with van der Waals surface area (Å²) in [6.07, 6.45) is -2.32. The van der Waals surface area contributed by atoms with Gasteiger partial charge in [0.05, 0.1) is 34.4 Å². The van der Waals surface area contributed by atoms with E-state index in [1.165, 1.54) is 22.9 Å². The van der Waals surface area contributed by atoms with Crippen LogP contribution in [0.15, 0.2) is 53.5 Å². The van der Waals surface area contributed by atoms with Crippen molar-refractivity contribution in [3.05, 3.63) is 81.0 Å². The molecule has 0 radical (unpaired) electrons. The third-order valence-electron chi connectivity index (χ3n) is 6.70. The standard InChI is InChI=1S/C28H25ClF3N7O4S/c1-14-9-18(15(2)33-21-7-8-22(29)34-24(21)26(40)37-44(4,42)43)23-19(10-14)27(41)38(3)25(35-23)16-5-6-20-17(11-16)12-39(36-20)13-28(30,31)32/h5-12,15,33H,13H2,1-4H3,(H,37,40)/t15-/m1/s1. The number of halogens is 4. The molecule has 3 heterocycles. The number of carbonyl (C=O) groups is 1. The van der Waals surface area contributed by atoms with Gasteiger partial charge in [-0.2, -0.15) is 18.3 Å². The Balaban J connectivity index is 1.59. The number of aromatic nitrogens is 5. The van der Waals surface area contributed by atoms with Crippen LogP contribution in [0.3, 0.4) is 0 Å². The third kappa shape index (κ3) is 6.53. The lowest BCUT2D eigenvalue weighted by Gasteiger charge is -2.20. The number of carbonyl (C=O) groups excluding carboxylic acids is 1. The quantitative estimate of drug-likeness (QED) is 0.242. The minimum atomic E-state index is -4.44. The van der Waals surface area contributed by atoms with Crippen molar-refractivity contribution >= 4 is 55.0 Å². The summed E-state index contributed by atoms with van der Waals surface area (Å²) in [7, 11) is -2.34. The van der Waals surface area contributed by atoms with Crippen LogP contribution in [0, 0.1) is 6.92 Å². The molecule has 0 bridgehead atoms. The van der Waals surface area contributed by atoms with E-state index in [4.69, 9.17) is 16.6 Å². The molecule has 1 amide bonds. The van der Waals surface area contributed by atoms with Crippen LogP contribution < -0.4 is 15.6 Å². The molecule has 5 aromatic rings. The summed E-state index contributed by atoms with van der Waals surface area (Å²) in [5.74, 6) is -0.714. The molecule has 0 spiro atoms. The Labute approximate surface area is 253 Å². The first-order valence-electron chi connectivity index (χ1n) is 13.0. The van der Waals surface area contributed by atoms with E-state index in [1.807, 2.05) is 17.7 Å². The van der Waals surface area contributed by atoms with E-state index in [-0.39, 0.29) is 27.9 Å². The van der Waals surface area contributed by atoms with Gasteiger partial charge in [-0.25, -0.2) is 23.1 Å². The number of benzene rings is 2. The van der Waals surface area contributed by atoms with Crippen LogP contribution in [-0.2, 0) is 23.6 Å². The van der Waals surface area contributed by atoms with Crippen LogP contribution in [-0.4, -0.2) is 51.1 Å². The number of rotatable bonds is 7. The zero-order valence-corrected chi connectivity index (χ0v) is 25.3. The van der Waals surface area contributed by atoms with Gasteiger partial charge in [-0.1, -0.05) is 17.7 Å². The fourth-order valence-electron chi connectivity index (χ4n) is 4.87. The summed E-state index contributed by atoms with van der Waals surface area (Å²) in [4.78, 5) is 35.1. The average molecular weight is 648 g/mol. The fourth-order valence-corrected chi connectivity index (χ4v) is 5.45. The number of sulfonamides is 1. The van der Waals surface area contributed by atoms with E-state index < -0.39 is 34.7 Å². The molecule has 0 aliphatic heterocycles. The van der Waals surface area contributed by atoms with Gasteiger partial charge in [0.25, 0.3) is 11.5 Å². The van der Waals surface area contributed by atoms with Crippen molar-refractivity contribution in [3.63, 3.8) is 0 Å². The molecule has 0 aliphatic carbocycles. The minimum Gasteiger partial charge on any atom is -0.377 e. The number of alkyl halides is 3. The van der Waals surface area contributed by atoms with Gasteiger partial charge < -0.3 is 5.32 Å². The van der Waals surface area contributed by atoms with Crippen LogP contribution in [0.25, 0.3) is 33.2 Å². The van der Waals surface area contributed by atoms with Gasteiger partial charge in [-0.15, -0.1) is 0 Å². The number of nitrogens with zero attached hydrogens (tertiary/aromatic N) is 5. The van der Waals surface area contributed by atoms with E-state index in [2.05, 4.69) is 15.4 Å². The summed E-state index contributed by atoms with van der Waals surface area (Å²) < 4.78 is 66.1. The van der Waals surface area contributed by atoms with Gasteiger partial charge in [0, 0.05) is 29.8 Å². The highest BCUT2D eigenvalue weighted by Crippen LogP contribution is 2.30. The zero-order chi connectivity index (χ0) is 32.1.